The van der Waals surface area contributed by atoms with Gasteiger partial charge in [0.2, 0.25) is 0 Å². The second-order valence-electron chi connectivity index (χ2n) is 4.23. The molecule has 0 aliphatic heterocycles. The number of benzene rings is 1. The number of anilines is 1. The maximum atomic E-state index is 12.0. The van der Waals surface area contributed by atoms with E-state index in [9.17, 15) is 13.2 Å². The molecule has 0 fully saturated rings. The number of nitrogens with zero attached hydrogens (tertiary/aromatic N) is 1. The van der Waals surface area contributed by atoms with Crippen molar-refractivity contribution in [3.05, 3.63) is 53.3 Å². The van der Waals surface area contributed by atoms with Crippen molar-refractivity contribution in [1.29, 1.82) is 0 Å². The zero-order chi connectivity index (χ0) is 15.5. The average molecular weight is 325 g/mol. The van der Waals surface area contributed by atoms with E-state index in [0.29, 0.717) is 5.69 Å². The normalized spacial score (nSPS) is 11.1. The highest BCUT2D eigenvalue weighted by atomic mass is 35.5. The minimum absolute atomic E-state index is 0.0329. The molecule has 0 spiro atoms. The number of halogens is 1. The fourth-order valence-electron chi connectivity index (χ4n) is 1.64. The van der Waals surface area contributed by atoms with Crippen molar-refractivity contribution in [3.8, 4) is 0 Å². The highest BCUT2D eigenvalue weighted by Gasteiger charge is 2.12. The van der Waals surface area contributed by atoms with E-state index < -0.39 is 15.7 Å². The van der Waals surface area contributed by atoms with Gasteiger partial charge in [0.15, 0.2) is 9.84 Å². The molecule has 1 heterocycles. The van der Waals surface area contributed by atoms with Gasteiger partial charge in [-0.1, -0.05) is 24.6 Å². The van der Waals surface area contributed by atoms with E-state index in [2.05, 4.69) is 10.3 Å². The number of aromatic nitrogens is 1. The molecule has 2 rings (SSSR count). The summed E-state index contributed by atoms with van der Waals surface area (Å²) in [6.07, 6.45) is 0. The molecule has 1 amide bonds. The van der Waals surface area contributed by atoms with Crippen LogP contribution in [-0.4, -0.2) is 25.1 Å². The lowest BCUT2D eigenvalue weighted by Gasteiger charge is -2.06. The zero-order valence-electron chi connectivity index (χ0n) is 11.2. The van der Waals surface area contributed by atoms with E-state index in [4.69, 9.17) is 11.6 Å². The Kier molecular flexibility index (Phi) is 4.59. The van der Waals surface area contributed by atoms with Gasteiger partial charge >= 0.3 is 0 Å². The first-order chi connectivity index (χ1) is 9.92. The minimum atomic E-state index is -3.24. The summed E-state index contributed by atoms with van der Waals surface area (Å²) >= 11 is 5.72. The Morgan fingerprint density at radius 2 is 1.86 bits per heavy atom. The van der Waals surface area contributed by atoms with Gasteiger partial charge in [-0.25, -0.2) is 13.4 Å². The lowest BCUT2D eigenvalue weighted by molar-refractivity contribution is 0.102. The van der Waals surface area contributed by atoms with Gasteiger partial charge < -0.3 is 5.32 Å². The van der Waals surface area contributed by atoms with Crippen LogP contribution in [0.1, 0.15) is 17.4 Å². The van der Waals surface area contributed by atoms with Crippen LogP contribution < -0.4 is 5.32 Å². The first-order valence-corrected chi connectivity index (χ1v) is 8.22. The molecule has 5 nitrogen and oxygen atoms in total. The molecule has 0 saturated heterocycles. The molecule has 0 unspecified atom stereocenters. The summed E-state index contributed by atoms with van der Waals surface area (Å²) in [4.78, 5) is 16.1. The Morgan fingerprint density at radius 1 is 1.19 bits per heavy atom. The SMILES string of the molecule is CCS(=O)(=O)c1ccc(NC(=O)c2cccc(Cl)n2)cc1. The van der Waals surface area contributed by atoms with E-state index in [-0.39, 0.29) is 21.5 Å². The summed E-state index contributed by atoms with van der Waals surface area (Å²) < 4.78 is 23.4. The van der Waals surface area contributed by atoms with Crippen LogP contribution in [0.3, 0.4) is 0 Å². The van der Waals surface area contributed by atoms with Crippen LogP contribution in [-0.2, 0) is 9.84 Å². The third-order valence-corrected chi connectivity index (χ3v) is 4.76. The van der Waals surface area contributed by atoms with E-state index >= 15 is 0 Å². The highest BCUT2D eigenvalue weighted by Crippen LogP contribution is 2.16. The number of sulfone groups is 1. The summed E-state index contributed by atoms with van der Waals surface area (Å²) in [6, 6.07) is 10.7. The second kappa shape index (κ2) is 6.24. The van der Waals surface area contributed by atoms with Crippen molar-refractivity contribution in [3.63, 3.8) is 0 Å². The molecule has 1 aromatic heterocycles. The van der Waals surface area contributed by atoms with Crippen LogP contribution in [0, 0.1) is 0 Å². The molecule has 1 N–H and O–H groups in total. The van der Waals surface area contributed by atoms with Gasteiger partial charge in [0.1, 0.15) is 10.8 Å². The first kappa shape index (κ1) is 15.5. The Morgan fingerprint density at radius 3 is 2.43 bits per heavy atom. The highest BCUT2D eigenvalue weighted by molar-refractivity contribution is 7.91. The van der Waals surface area contributed by atoms with E-state index in [1.165, 1.54) is 30.3 Å². The Hall–Kier alpha value is -1.92. The van der Waals surface area contributed by atoms with Crippen molar-refractivity contribution < 1.29 is 13.2 Å². The Balaban J connectivity index is 2.16. The number of rotatable bonds is 4. The molecule has 21 heavy (non-hydrogen) atoms. The Bertz CT molecular complexity index is 758. The smallest absolute Gasteiger partial charge is 0.274 e. The molecule has 110 valence electrons. The lowest BCUT2D eigenvalue weighted by Crippen LogP contribution is -2.13. The van der Waals surface area contributed by atoms with Gasteiger partial charge in [0.05, 0.1) is 10.6 Å². The number of carbonyl (C=O) groups excluding carboxylic acids is 1. The molecule has 0 aliphatic carbocycles. The quantitative estimate of drug-likeness (QED) is 0.877. The Labute approximate surface area is 127 Å². The zero-order valence-corrected chi connectivity index (χ0v) is 12.8. The molecule has 0 bridgehead atoms. The van der Waals surface area contributed by atoms with Gasteiger partial charge in [-0.2, -0.15) is 0 Å². The molecule has 0 radical (unpaired) electrons. The van der Waals surface area contributed by atoms with Crippen molar-refractivity contribution in [2.45, 2.75) is 11.8 Å². The number of pyridine rings is 1. The number of carbonyl (C=O) groups is 1. The first-order valence-electron chi connectivity index (χ1n) is 6.19. The number of hydrogen-bond donors (Lipinski definition) is 1. The summed E-state index contributed by atoms with van der Waals surface area (Å²) in [5.74, 6) is -0.380. The second-order valence-corrected chi connectivity index (χ2v) is 6.89. The van der Waals surface area contributed by atoms with Crippen LogP contribution in [0.4, 0.5) is 5.69 Å². The average Bonchev–Trinajstić information content (AvgIpc) is 2.48. The molecule has 1 aromatic carbocycles. The topological polar surface area (TPSA) is 76.1 Å². The predicted molar refractivity (Wildman–Crippen MR) is 81.4 cm³/mol. The predicted octanol–water partition coefficient (Wildman–Crippen LogP) is 2.78. The fourth-order valence-corrected chi connectivity index (χ4v) is 2.69. The van der Waals surface area contributed by atoms with Crippen LogP contribution in [0.5, 0.6) is 0 Å². The standard InChI is InChI=1S/C14H13ClN2O3S/c1-2-21(19,20)11-8-6-10(7-9-11)16-14(18)12-4-3-5-13(15)17-12/h3-9H,2H2,1H3,(H,16,18). The number of amides is 1. The van der Waals surface area contributed by atoms with E-state index in [1.807, 2.05) is 0 Å². The van der Waals surface area contributed by atoms with E-state index in [0.717, 1.165) is 0 Å². The molecule has 2 aromatic rings. The largest absolute Gasteiger partial charge is 0.321 e. The molecule has 0 atom stereocenters. The maximum Gasteiger partial charge on any atom is 0.274 e. The number of nitrogens with one attached hydrogen (secondary N) is 1. The van der Waals surface area contributed by atoms with Crippen molar-refractivity contribution in [1.82, 2.24) is 4.98 Å². The summed E-state index contributed by atoms with van der Waals surface area (Å²) in [5.41, 5.74) is 0.671. The summed E-state index contributed by atoms with van der Waals surface area (Å²) in [5, 5.41) is 2.86. The molecular weight excluding hydrogens is 312 g/mol. The fraction of sp³-hybridized carbons (Fsp3) is 0.143. The van der Waals surface area contributed by atoms with Gasteiger partial charge in [-0.3, -0.25) is 4.79 Å². The van der Waals surface area contributed by atoms with Crippen LogP contribution in [0.2, 0.25) is 5.15 Å². The van der Waals surface area contributed by atoms with Gasteiger partial charge in [0.25, 0.3) is 5.91 Å². The monoisotopic (exact) mass is 324 g/mol. The summed E-state index contributed by atoms with van der Waals surface area (Å²) in [7, 11) is -3.24. The van der Waals surface area contributed by atoms with E-state index in [1.54, 1.807) is 19.1 Å². The third-order valence-electron chi connectivity index (χ3n) is 2.80. The minimum Gasteiger partial charge on any atom is -0.321 e. The molecular formula is C14H13ClN2O3S. The maximum absolute atomic E-state index is 12.0. The number of hydrogen-bond acceptors (Lipinski definition) is 4. The molecule has 0 aliphatic rings. The van der Waals surface area contributed by atoms with Crippen molar-refractivity contribution >= 4 is 33.0 Å². The van der Waals surface area contributed by atoms with Crippen molar-refractivity contribution in [2.24, 2.45) is 0 Å². The van der Waals surface area contributed by atoms with Crippen LogP contribution >= 0.6 is 11.6 Å². The van der Waals surface area contributed by atoms with Gasteiger partial charge in [0, 0.05) is 5.69 Å². The molecule has 0 saturated carbocycles. The molecule has 7 heteroatoms. The van der Waals surface area contributed by atoms with Gasteiger partial charge in [-0.05, 0) is 36.4 Å². The third kappa shape index (κ3) is 3.80. The van der Waals surface area contributed by atoms with Gasteiger partial charge in [-0.15, -0.1) is 0 Å². The van der Waals surface area contributed by atoms with Crippen molar-refractivity contribution in [2.75, 3.05) is 11.1 Å². The lowest BCUT2D eigenvalue weighted by atomic mass is 10.3. The van der Waals surface area contributed by atoms with Crippen LogP contribution in [0.25, 0.3) is 0 Å². The summed E-state index contributed by atoms with van der Waals surface area (Å²) in [6.45, 7) is 1.58. The van der Waals surface area contributed by atoms with Crippen LogP contribution in [0.15, 0.2) is 47.4 Å².